The molecule has 0 saturated carbocycles. The van der Waals surface area contributed by atoms with Crippen molar-refractivity contribution in [1.29, 1.82) is 0 Å². The van der Waals surface area contributed by atoms with Crippen molar-refractivity contribution in [3.05, 3.63) is 54.6 Å². The molecule has 1 heterocycles. The van der Waals surface area contributed by atoms with Gasteiger partial charge in [0.2, 0.25) is 10.0 Å². The number of nitrogens with zero attached hydrogens (tertiary/aromatic N) is 1. The maximum absolute atomic E-state index is 12.6. The molecule has 0 bridgehead atoms. The molecule has 0 aliphatic carbocycles. The highest BCUT2D eigenvalue weighted by atomic mass is 32.2. The molecule has 8 heteroatoms. The molecule has 1 fully saturated rings. The van der Waals surface area contributed by atoms with Crippen molar-refractivity contribution < 1.29 is 21.6 Å². The Balaban J connectivity index is 1.76. The minimum Gasteiger partial charge on any atom is -0.497 e. The van der Waals surface area contributed by atoms with Gasteiger partial charge in [0.1, 0.15) is 5.75 Å². The molecule has 0 spiro atoms. The summed E-state index contributed by atoms with van der Waals surface area (Å²) < 4.78 is 56.2. The molecular weight excluding hydrogens is 350 g/mol. The van der Waals surface area contributed by atoms with Crippen molar-refractivity contribution >= 4 is 19.9 Å². The first-order chi connectivity index (χ1) is 11.4. The van der Waals surface area contributed by atoms with E-state index in [-0.39, 0.29) is 22.9 Å². The van der Waals surface area contributed by atoms with E-state index >= 15 is 0 Å². The van der Waals surface area contributed by atoms with Crippen LogP contribution in [0.5, 0.6) is 5.75 Å². The molecule has 0 amide bonds. The van der Waals surface area contributed by atoms with Gasteiger partial charge in [-0.05, 0) is 36.4 Å². The van der Waals surface area contributed by atoms with Crippen molar-refractivity contribution in [3.63, 3.8) is 0 Å². The topological polar surface area (TPSA) is 80.8 Å². The first kappa shape index (κ1) is 16.9. The molecule has 0 unspecified atom stereocenters. The Morgan fingerprint density at radius 2 is 1.46 bits per heavy atom. The minimum atomic E-state index is -3.64. The average Bonchev–Trinajstić information content (AvgIpc) is 2.54. The zero-order valence-electron chi connectivity index (χ0n) is 13.0. The average molecular weight is 367 g/mol. The third-order valence-corrected chi connectivity index (χ3v) is 7.97. The normalized spacial score (nSPS) is 16.5. The van der Waals surface area contributed by atoms with Crippen LogP contribution in [0.3, 0.4) is 0 Å². The highest BCUT2D eigenvalue weighted by molar-refractivity contribution is 7.92. The summed E-state index contributed by atoms with van der Waals surface area (Å²) in [6.07, 6.45) is 0. The molecule has 0 N–H and O–H groups in total. The Bertz CT molecular complexity index is 916. The van der Waals surface area contributed by atoms with E-state index in [1.165, 1.54) is 35.7 Å². The summed E-state index contributed by atoms with van der Waals surface area (Å²) in [5.41, 5.74) is 0. The summed E-state index contributed by atoms with van der Waals surface area (Å²) in [5.74, 6) is 0.566. The summed E-state index contributed by atoms with van der Waals surface area (Å²) in [7, 11) is -5.70. The molecule has 1 aliphatic rings. The van der Waals surface area contributed by atoms with Gasteiger partial charge in [0.25, 0.3) is 0 Å². The number of ether oxygens (including phenoxy) is 1. The van der Waals surface area contributed by atoms with Crippen LogP contribution < -0.4 is 4.74 Å². The van der Waals surface area contributed by atoms with Crippen LogP contribution in [-0.2, 0) is 19.9 Å². The number of benzene rings is 2. The van der Waals surface area contributed by atoms with Gasteiger partial charge >= 0.3 is 0 Å². The Kier molecular flexibility index (Phi) is 4.37. The van der Waals surface area contributed by atoms with Crippen LogP contribution in [0.15, 0.2) is 64.4 Å². The van der Waals surface area contributed by atoms with E-state index in [2.05, 4.69) is 0 Å². The number of hydrogen-bond acceptors (Lipinski definition) is 5. The third kappa shape index (κ3) is 2.92. The lowest BCUT2D eigenvalue weighted by Gasteiger charge is -2.37. The van der Waals surface area contributed by atoms with E-state index in [1.54, 1.807) is 30.3 Å². The fourth-order valence-corrected chi connectivity index (χ4v) is 5.89. The number of methoxy groups -OCH3 is 1. The number of sulfonamides is 1. The zero-order valence-corrected chi connectivity index (χ0v) is 14.6. The van der Waals surface area contributed by atoms with Crippen LogP contribution in [0.1, 0.15) is 0 Å². The molecule has 24 heavy (non-hydrogen) atoms. The summed E-state index contributed by atoms with van der Waals surface area (Å²) in [4.78, 5) is 0.343. The fourth-order valence-electron chi connectivity index (χ4n) is 2.49. The van der Waals surface area contributed by atoms with Crippen LogP contribution in [0.4, 0.5) is 0 Å². The second-order valence-electron chi connectivity index (χ2n) is 5.48. The molecule has 128 valence electrons. The zero-order chi connectivity index (χ0) is 17.4. The molecule has 2 aromatic carbocycles. The summed E-state index contributed by atoms with van der Waals surface area (Å²) in [5, 5.41) is -0.732. The van der Waals surface area contributed by atoms with Gasteiger partial charge in [-0.2, -0.15) is 4.31 Å². The van der Waals surface area contributed by atoms with E-state index in [1.807, 2.05) is 0 Å². The second-order valence-corrected chi connectivity index (χ2v) is 9.64. The molecule has 1 saturated heterocycles. The smallest absolute Gasteiger partial charge is 0.243 e. The van der Waals surface area contributed by atoms with E-state index in [0.29, 0.717) is 5.75 Å². The largest absolute Gasteiger partial charge is 0.497 e. The summed E-state index contributed by atoms with van der Waals surface area (Å²) in [6.45, 7) is -0.0722. The van der Waals surface area contributed by atoms with E-state index in [0.717, 1.165) is 0 Å². The Labute approximate surface area is 141 Å². The monoisotopic (exact) mass is 367 g/mol. The molecule has 0 radical (unpaired) electrons. The lowest BCUT2D eigenvalue weighted by Crippen LogP contribution is -2.56. The Morgan fingerprint density at radius 3 is 2.00 bits per heavy atom. The summed E-state index contributed by atoms with van der Waals surface area (Å²) >= 11 is 0. The van der Waals surface area contributed by atoms with Crippen LogP contribution in [0.25, 0.3) is 0 Å². The second kappa shape index (κ2) is 6.19. The Morgan fingerprint density at radius 1 is 0.875 bits per heavy atom. The molecule has 3 rings (SSSR count). The maximum atomic E-state index is 12.6. The van der Waals surface area contributed by atoms with Gasteiger partial charge < -0.3 is 4.74 Å². The van der Waals surface area contributed by atoms with Crippen LogP contribution >= 0.6 is 0 Å². The SMILES string of the molecule is COc1ccc(S(=O)(=O)C2CN(S(=O)(=O)c3ccccc3)C2)cc1. The van der Waals surface area contributed by atoms with Gasteiger partial charge in [-0.15, -0.1) is 0 Å². The quantitative estimate of drug-likeness (QED) is 0.801. The molecule has 1 aliphatic heterocycles. The number of rotatable bonds is 5. The predicted octanol–water partition coefficient (Wildman–Crippen LogP) is 1.54. The first-order valence-electron chi connectivity index (χ1n) is 7.29. The van der Waals surface area contributed by atoms with Crippen LogP contribution in [0.2, 0.25) is 0 Å². The Hall–Kier alpha value is -1.90. The third-order valence-electron chi connectivity index (χ3n) is 4.02. The van der Waals surface area contributed by atoms with Crippen molar-refractivity contribution in [3.8, 4) is 5.75 Å². The van der Waals surface area contributed by atoms with Crippen LogP contribution in [-0.4, -0.2) is 46.6 Å². The molecule has 6 nitrogen and oxygen atoms in total. The van der Waals surface area contributed by atoms with Crippen molar-refractivity contribution in [2.45, 2.75) is 15.0 Å². The van der Waals surface area contributed by atoms with E-state index < -0.39 is 25.1 Å². The lowest BCUT2D eigenvalue weighted by atomic mass is 10.3. The maximum Gasteiger partial charge on any atom is 0.243 e. The van der Waals surface area contributed by atoms with Gasteiger partial charge in [-0.3, -0.25) is 0 Å². The van der Waals surface area contributed by atoms with E-state index in [9.17, 15) is 16.8 Å². The number of sulfone groups is 1. The minimum absolute atomic E-state index is 0.0361. The van der Waals surface area contributed by atoms with Crippen molar-refractivity contribution in [2.24, 2.45) is 0 Å². The van der Waals surface area contributed by atoms with Gasteiger partial charge in [0, 0.05) is 13.1 Å². The first-order valence-corrected chi connectivity index (χ1v) is 10.3. The van der Waals surface area contributed by atoms with Crippen molar-refractivity contribution in [2.75, 3.05) is 20.2 Å². The standard InChI is InChI=1S/C16H17NO5S2/c1-22-13-7-9-14(10-8-13)23(18,19)16-11-17(12-16)24(20,21)15-5-3-2-4-6-15/h2-10,16H,11-12H2,1H3. The van der Waals surface area contributed by atoms with Crippen molar-refractivity contribution in [1.82, 2.24) is 4.31 Å². The van der Waals surface area contributed by atoms with Crippen LogP contribution in [0, 0.1) is 0 Å². The van der Waals surface area contributed by atoms with Gasteiger partial charge in [0.15, 0.2) is 9.84 Å². The molecule has 0 atom stereocenters. The van der Waals surface area contributed by atoms with E-state index in [4.69, 9.17) is 4.74 Å². The predicted molar refractivity (Wildman–Crippen MR) is 89.2 cm³/mol. The molecular formula is C16H17NO5S2. The highest BCUT2D eigenvalue weighted by Crippen LogP contribution is 2.29. The van der Waals surface area contributed by atoms with Gasteiger partial charge in [-0.1, -0.05) is 18.2 Å². The number of hydrogen-bond donors (Lipinski definition) is 0. The fraction of sp³-hybridized carbons (Fsp3) is 0.250. The molecule has 2 aromatic rings. The summed E-state index contributed by atoms with van der Waals surface area (Å²) in [6, 6.07) is 14.1. The van der Waals surface area contributed by atoms with Gasteiger partial charge in [-0.25, -0.2) is 16.8 Å². The lowest BCUT2D eigenvalue weighted by molar-refractivity contribution is 0.309. The molecule has 0 aromatic heterocycles. The highest BCUT2D eigenvalue weighted by Gasteiger charge is 2.44. The van der Waals surface area contributed by atoms with Gasteiger partial charge in [0.05, 0.1) is 22.2 Å².